The Kier molecular flexibility index (Phi) is 8.66. The highest BCUT2D eigenvalue weighted by atomic mass is 35.5. The summed E-state index contributed by atoms with van der Waals surface area (Å²) in [5, 5.41) is 8.94. The summed E-state index contributed by atoms with van der Waals surface area (Å²) in [7, 11) is 0. The van der Waals surface area contributed by atoms with Crippen LogP contribution in [-0.2, 0) is 6.54 Å². The van der Waals surface area contributed by atoms with Gasteiger partial charge < -0.3 is 9.52 Å². The van der Waals surface area contributed by atoms with Crippen molar-refractivity contribution in [3.8, 4) is 11.3 Å². The smallest absolute Gasteiger partial charge is 0.209 e. The average Bonchev–Trinajstić information content (AvgIpc) is 2.99. The van der Waals surface area contributed by atoms with Gasteiger partial charge in [0.05, 0.1) is 19.3 Å². The van der Waals surface area contributed by atoms with Crippen LogP contribution in [0.3, 0.4) is 0 Å². The number of hydrogen-bond acceptors (Lipinski definition) is 5. The van der Waals surface area contributed by atoms with E-state index in [-0.39, 0.29) is 37.2 Å². The largest absolute Gasteiger partial charge is 0.439 e. The van der Waals surface area contributed by atoms with Crippen molar-refractivity contribution in [1.29, 1.82) is 0 Å². The van der Waals surface area contributed by atoms with Crippen molar-refractivity contribution in [2.24, 2.45) is 0 Å². The fraction of sp³-hybridized carbons (Fsp3) is 0.438. The maximum atomic E-state index is 12.9. The van der Waals surface area contributed by atoms with Crippen molar-refractivity contribution >= 4 is 24.8 Å². The van der Waals surface area contributed by atoms with Gasteiger partial charge in [0.15, 0.2) is 5.76 Å². The topological polar surface area (TPSA) is 52.7 Å². The first kappa shape index (κ1) is 20.9. The first-order valence-corrected chi connectivity index (χ1v) is 7.51. The number of oxazole rings is 1. The van der Waals surface area contributed by atoms with Crippen LogP contribution < -0.4 is 0 Å². The van der Waals surface area contributed by atoms with E-state index in [9.17, 15) is 4.39 Å². The van der Waals surface area contributed by atoms with E-state index in [0.29, 0.717) is 18.2 Å². The molecule has 2 heterocycles. The number of β-amino-alcohol motifs (C(OH)–C–C–N with tert-alkyl or cyclic N) is 1. The summed E-state index contributed by atoms with van der Waals surface area (Å²) >= 11 is 0. The molecule has 1 aliphatic rings. The molecule has 24 heavy (non-hydrogen) atoms. The number of halogens is 3. The number of aromatic nitrogens is 1. The molecule has 3 rings (SSSR count). The van der Waals surface area contributed by atoms with Gasteiger partial charge in [0.25, 0.3) is 0 Å². The third-order valence-electron chi connectivity index (χ3n) is 3.92. The van der Waals surface area contributed by atoms with Crippen molar-refractivity contribution in [2.75, 3.05) is 39.3 Å². The van der Waals surface area contributed by atoms with Gasteiger partial charge in [-0.05, 0) is 24.3 Å². The summed E-state index contributed by atoms with van der Waals surface area (Å²) < 4.78 is 18.7. The maximum absolute atomic E-state index is 12.9. The number of hydrogen-bond donors (Lipinski definition) is 1. The molecule has 0 atom stereocenters. The lowest BCUT2D eigenvalue weighted by atomic mass is 10.2. The van der Waals surface area contributed by atoms with Gasteiger partial charge in [-0.1, -0.05) is 0 Å². The summed E-state index contributed by atoms with van der Waals surface area (Å²) in [6, 6.07) is 6.20. The zero-order chi connectivity index (χ0) is 15.4. The molecule has 0 bridgehead atoms. The van der Waals surface area contributed by atoms with Crippen molar-refractivity contribution in [3.05, 3.63) is 42.2 Å². The quantitative estimate of drug-likeness (QED) is 0.866. The molecular weight excluding hydrogens is 356 g/mol. The van der Waals surface area contributed by atoms with Gasteiger partial charge in [-0.15, -0.1) is 24.8 Å². The van der Waals surface area contributed by atoms with E-state index < -0.39 is 0 Å². The molecular formula is C16H22Cl2FN3O2. The fourth-order valence-corrected chi connectivity index (χ4v) is 2.63. The van der Waals surface area contributed by atoms with Gasteiger partial charge in [0.1, 0.15) is 5.82 Å². The Morgan fingerprint density at radius 1 is 1.04 bits per heavy atom. The number of nitrogens with zero attached hydrogens (tertiary/aromatic N) is 3. The molecule has 0 radical (unpaired) electrons. The molecule has 5 nitrogen and oxygen atoms in total. The first-order chi connectivity index (χ1) is 10.7. The number of piperazine rings is 1. The van der Waals surface area contributed by atoms with Crippen LogP contribution >= 0.6 is 24.8 Å². The molecule has 0 aliphatic carbocycles. The molecule has 134 valence electrons. The highest BCUT2D eigenvalue weighted by molar-refractivity contribution is 5.85. The van der Waals surface area contributed by atoms with Gasteiger partial charge in [-0.25, -0.2) is 9.37 Å². The van der Waals surface area contributed by atoms with Gasteiger partial charge in [-0.3, -0.25) is 9.80 Å². The third kappa shape index (κ3) is 5.43. The average molecular weight is 378 g/mol. The normalized spacial score (nSPS) is 15.6. The SMILES string of the molecule is Cl.Cl.OCCN1CCN(Cc2ncc(-c3ccc(F)cc3)o2)CC1. The van der Waals surface area contributed by atoms with E-state index in [1.807, 2.05) is 0 Å². The third-order valence-corrected chi connectivity index (χ3v) is 3.92. The van der Waals surface area contributed by atoms with E-state index >= 15 is 0 Å². The molecule has 1 aromatic heterocycles. The minimum atomic E-state index is -0.260. The Bertz CT molecular complexity index is 602. The summed E-state index contributed by atoms with van der Waals surface area (Å²) in [4.78, 5) is 8.84. The monoisotopic (exact) mass is 377 g/mol. The second-order valence-corrected chi connectivity index (χ2v) is 5.47. The Labute approximate surface area is 153 Å². The van der Waals surface area contributed by atoms with Crippen LogP contribution in [0, 0.1) is 5.82 Å². The van der Waals surface area contributed by atoms with Crippen LogP contribution in [0.2, 0.25) is 0 Å². The van der Waals surface area contributed by atoms with Gasteiger partial charge >= 0.3 is 0 Å². The van der Waals surface area contributed by atoms with E-state index in [2.05, 4.69) is 14.8 Å². The minimum Gasteiger partial charge on any atom is -0.439 e. The number of rotatable bonds is 5. The van der Waals surface area contributed by atoms with Crippen LogP contribution in [0.15, 0.2) is 34.9 Å². The molecule has 1 aromatic carbocycles. The summed E-state index contributed by atoms with van der Waals surface area (Å²) in [5.74, 6) is 1.08. The maximum Gasteiger partial charge on any atom is 0.209 e. The van der Waals surface area contributed by atoms with Gasteiger partial charge in [0, 0.05) is 38.3 Å². The van der Waals surface area contributed by atoms with Crippen molar-refractivity contribution in [3.63, 3.8) is 0 Å². The lowest BCUT2D eigenvalue weighted by molar-refractivity contribution is 0.103. The Hall–Kier alpha value is -1.18. The lowest BCUT2D eigenvalue weighted by Gasteiger charge is -2.33. The molecule has 1 saturated heterocycles. The van der Waals surface area contributed by atoms with Crippen LogP contribution in [-0.4, -0.2) is 59.2 Å². The van der Waals surface area contributed by atoms with Crippen LogP contribution in [0.4, 0.5) is 4.39 Å². The van der Waals surface area contributed by atoms with E-state index in [1.54, 1.807) is 18.3 Å². The van der Waals surface area contributed by atoms with E-state index in [4.69, 9.17) is 9.52 Å². The molecule has 0 saturated carbocycles. The zero-order valence-corrected chi connectivity index (χ0v) is 14.9. The van der Waals surface area contributed by atoms with E-state index in [1.165, 1.54) is 12.1 Å². The lowest BCUT2D eigenvalue weighted by Crippen LogP contribution is -2.46. The second-order valence-electron chi connectivity index (χ2n) is 5.47. The molecule has 0 amide bonds. The summed E-state index contributed by atoms with van der Waals surface area (Å²) in [6.07, 6.45) is 1.69. The Morgan fingerprint density at radius 2 is 1.67 bits per heavy atom. The van der Waals surface area contributed by atoms with Crippen LogP contribution in [0.1, 0.15) is 5.89 Å². The molecule has 1 fully saturated rings. The van der Waals surface area contributed by atoms with Crippen LogP contribution in [0.5, 0.6) is 0 Å². The Morgan fingerprint density at radius 3 is 2.29 bits per heavy atom. The standard InChI is InChI=1S/C16H20FN3O2.2ClH/c17-14-3-1-13(2-4-14)15-11-18-16(22-15)12-20-7-5-19(6-8-20)9-10-21;;/h1-4,11,21H,5-10,12H2;2*1H. The predicted octanol–water partition coefficient (Wildman–Crippen LogP) is 2.43. The number of benzene rings is 1. The highest BCUT2D eigenvalue weighted by Gasteiger charge is 2.18. The molecule has 2 aromatic rings. The van der Waals surface area contributed by atoms with Crippen molar-refractivity contribution < 1.29 is 13.9 Å². The molecule has 0 unspecified atom stereocenters. The molecule has 1 aliphatic heterocycles. The minimum absolute atomic E-state index is 0. The van der Waals surface area contributed by atoms with Crippen molar-refractivity contribution in [1.82, 2.24) is 14.8 Å². The number of aliphatic hydroxyl groups is 1. The highest BCUT2D eigenvalue weighted by Crippen LogP contribution is 2.21. The van der Waals surface area contributed by atoms with E-state index in [0.717, 1.165) is 38.3 Å². The van der Waals surface area contributed by atoms with Crippen molar-refractivity contribution in [2.45, 2.75) is 6.54 Å². The van der Waals surface area contributed by atoms with Crippen LogP contribution in [0.25, 0.3) is 11.3 Å². The summed E-state index contributed by atoms with van der Waals surface area (Å²) in [5.41, 5.74) is 0.827. The van der Waals surface area contributed by atoms with Gasteiger partial charge in [0.2, 0.25) is 5.89 Å². The molecule has 8 heteroatoms. The fourth-order valence-electron chi connectivity index (χ4n) is 2.63. The summed E-state index contributed by atoms with van der Waals surface area (Å²) in [6.45, 7) is 5.40. The first-order valence-electron chi connectivity index (χ1n) is 7.51. The second kappa shape index (κ2) is 9.96. The molecule has 1 N–H and O–H groups in total. The zero-order valence-electron chi connectivity index (χ0n) is 13.2. The Balaban J connectivity index is 0.00000144. The predicted molar refractivity (Wildman–Crippen MR) is 95.2 cm³/mol. The van der Waals surface area contributed by atoms with Gasteiger partial charge in [-0.2, -0.15) is 0 Å². The number of aliphatic hydroxyl groups excluding tert-OH is 1. The molecule has 0 spiro atoms.